The van der Waals surface area contributed by atoms with Crippen molar-refractivity contribution >= 4 is 62.5 Å². The van der Waals surface area contributed by atoms with Gasteiger partial charge in [-0.3, -0.25) is 24.5 Å². The topological polar surface area (TPSA) is 110 Å². The van der Waals surface area contributed by atoms with Crippen molar-refractivity contribution in [2.75, 3.05) is 10.2 Å². The number of nitro groups is 1. The summed E-state index contributed by atoms with van der Waals surface area (Å²) in [7, 11) is 0. The number of carbonyl (C=O) groups excluding carboxylic acids is 3. The van der Waals surface area contributed by atoms with Crippen LogP contribution in [0.25, 0.3) is 0 Å². The first kappa shape index (κ1) is 24.4. The molecule has 8 nitrogen and oxygen atoms in total. The van der Waals surface area contributed by atoms with Gasteiger partial charge >= 0.3 is 0 Å². The zero-order valence-corrected chi connectivity index (χ0v) is 21.3. The van der Waals surface area contributed by atoms with Crippen LogP contribution in [0, 0.1) is 10.1 Å². The molecule has 5 rings (SSSR count). The van der Waals surface area contributed by atoms with Crippen molar-refractivity contribution in [1.82, 2.24) is 0 Å². The van der Waals surface area contributed by atoms with Gasteiger partial charge in [0, 0.05) is 37.6 Å². The van der Waals surface area contributed by atoms with E-state index >= 15 is 0 Å². The zero-order valence-electron chi connectivity index (χ0n) is 18.9. The SMILES string of the molecule is O=C(Nc1ccc(Br)cc1)c1ccc2c(c1)C(=O)N(c1ccc(Sc3ccc([N+](=O)[O-])cc3)cc1)C2=O. The second kappa shape index (κ2) is 10.00. The van der Waals surface area contributed by atoms with Crippen LogP contribution in [0.4, 0.5) is 17.1 Å². The number of halogens is 1. The molecule has 0 atom stereocenters. The molecule has 0 saturated carbocycles. The number of hydrogen-bond acceptors (Lipinski definition) is 6. The molecule has 0 radical (unpaired) electrons. The number of fused-ring (bicyclic) bond motifs is 1. The summed E-state index contributed by atoms with van der Waals surface area (Å²) in [5.41, 5.74) is 1.68. The zero-order chi connectivity index (χ0) is 26.1. The predicted molar refractivity (Wildman–Crippen MR) is 143 cm³/mol. The molecule has 1 heterocycles. The number of amides is 3. The van der Waals surface area contributed by atoms with Gasteiger partial charge in [0.2, 0.25) is 0 Å². The fourth-order valence-electron chi connectivity index (χ4n) is 3.79. The minimum Gasteiger partial charge on any atom is -0.322 e. The normalized spacial score (nSPS) is 12.4. The third-order valence-corrected chi connectivity index (χ3v) is 7.17. The molecule has 182 valence electrons. The molecule has 10 heteroatoms. The summed E-state index contributed by atoms with van der Waals surface area (Å²) in [5.74, 6) is -1.36. The van der Waals surface area contributed by atoms with Crippen molar-refractivity contribution in [3.8, 4) is 0 Å². The van der Waals surface area contributed by atoms with E-state index in [1.807, 2.05) is 0 Å². The highest BCUT2D eigenvalue weighted by molar-refractivity contribution is 9.10. The molecule has 0 aromatic heterocycles. The number of nitrogens with one attached hydrogen (secondary N) is 1. The van der Waals surface area contributed by atoms with E-state index in [0.717, 1.165) is 19.2 Å². The molecule has 0 spiro atoms. The lowest BCUT2D eigenvalue weighted by Crippen LogP contribution is -2.29. The highest BCUT2D eigenvalue weighted by atomic mass is 79.9. The van der Waals surface area contributed by atoms with Crippen LogP contribution in [0.2, 0.25) is 0 Å². The summed E-state index contributed by atoms with van der Waals surface area (Å²) in [6.07, 6.45) is 0. The number of benzene rings is 4. The van der Waals surface area contributed by atoms with E-state index in [0.29, 0.717) is 11.4 Å². The fraction of sp³-hybridized carbons (Fsp3) is 0. The largest absolute Gasteiger partial charge is 0.322 e. The second-order valence-corrected chi connectivity index (χ2v) is 10.1. The maximum atomic E-state index is 13.1. The molecule has 1 N–H and O–H groups in total. The summed E-state index contributed by atoms with van der Waals surface area (Å²) in [5, 5.41) is 13.6. The van der Waals surface area contributed by atoms with E-state index < -0.39 is 22.6 Å². The molecule has 0 unspecified atom stereocenters. The summed E-state index contributed by atoms with van der Waals surface area (Å²) < 4.78 is 0.880. The van der Waals surface area contributed by atoms with Crippen LogP contribution in [0.15, 0.2) is 105 Å². The molecule has 0 bridgehead atoms. The number of nitrogens with zero attached hydrogens (tertiary/aromatic N) is 2. The van der Waals surface area contributed by atoms with E-state index in [9.17, 15) is 24.5 Å². The minimum atomic E-state index is -0.505. The van der Waals surface area contributed by atoms with Crippen molar-refractivity contribution < 1.29 is 19.3 Å². The quantitative estimate of drug-likeness (QED) is 0.159. The number of imide groups is 1. The Hall–Kier alpha value is -4.28. The van der Waals surface area contributed by atoms with Gasteiger partial charge < -0.3 is 5.32 Å². The maximum Gasteiger partial charge on any atom is 0.269 e. The van der Waals surface area contributed by atoms with Crippen LogP contribution in [0.5, 0.6) is 0 Å². The number of anilines is 2. The Morgan fingerprint density at radius 2 is 1.41 bits per heavy atom. The van der Waals surface area contributed by atoms with E-state index in [1.54, 1.807) is 60.7 Å². The van der Waals surface area contributed by atoms with Gasteiger partial charge in [-0.2, -0.15) is 0 Å². The summed E-state index contributed by atoms with van der Waals surface area (Å²) in [6, 6.07) is 24.6. The summed E-state index contributed by atoms with van der Waals surface area (Å²) in [4.78, 5) is 52.0. The van der Waals surface area contributed by atoms with Gasteiger partial charge in [0.05, 0.1) is 21.7 Å². The summed E-state index contributed by atoms with van der Waals surface area (Å²) >= 11 is 4.74. The van der Waals surface area contributed by atoms with Crippen molar-refractivity contribution in [3.63, 3.8) is 0 Å². The van der Waals surface area contributed by atoms with Crippen molar-refractivity contribution in [2.24, 2.45) is 0 Å². The van der Waals surface area contributed by atoms with Crippen LogP contribution in [-0.4, -0.2) is 22.6 Å². The van der Waals surface area contributed by atoms with Gasteiger partial charge in [-0.1, -0.05) is 27.7 Å². The molecule has 4 aromatic carbocycles. The molecule has 0 aliphatic carbocycles. The number of rotatable bonds is 6. The number of carbonyl (C=O) groups is 3. The predicted octanol–water partition coefficient (Wildman–Crippen LogP) is 6.56. The lowest BCUT2D eigenvalue weighted by atomic mass is 10.1. The molecular formula is C27H16BrN3O5S. The Bertz CT molecular complexity index is 1550. The lowest BCUT2D eigenvalue weighted by molar-refractivity contribution is -0.384. The highest BCUT2D eigenvalue weighted by Crippen LogP contribution is 2.33. The van der Waals surface area contributed by atoms with E-state index in [2.05, 4.69) is 21.2 Å². The van der Waals surface area contributed by atoms with Crippen molar-refractivity contribution in [1.29, 1.82) is 0 Å². The average molecular weight is 574 g/mol. The standard InChI is InChI=1S/C27H16BrN3O5S/c28-17-2-4-18(5-3-17)29-25(32)16-1-14-23-24(15-16)27(34)30(26(23)33)19-6-10-21(11-7-19)37-22-12-8-20(9-13-22)31(35)36/h1-15H,(H,29,32). The van der Waals surface area contributed by atoms with Crippen LogP contribution in [0.1, 0.15) is 31.1 Å². The number of non-ortho nitro benzene ring substituents is 1. The van der Waals surface area contributed by atoms with Crippen molar-refractivity contribution in [2.45, 2.75) is 9.79 Å². The van der Waals surface area contributed by atoms with Gasteiger partial charge in [-0.05, 0) is 78.9 Å². The Balaban J connectivity index is 1.32. The van der Waals surface area contributed by atoms with Gasteiger partial charge in [0.15, 0.2) is 0 Å². The molecule has 0 saturated heterocycles. The first-order valence-corrected chi connectivity index (χ1v) is 12.5. The number of nitro benzene ring substituents is 1. The van der Waals surface area contributed by atoms with Gasteiger partial charge in [0.1, 0.15) is 0 Å². The molecule has 37 heavy (non-hydrogen) atoms. The molecule has 0 fully saturated rings. The Morgan fingerprint density at radius 3 is 2.03 bits per heavy atom. The maximum absolute atomic E-state index is 13.1. The minimum absolute atomic E-state index is 0.0132. The van der Waals surface area contributed by atoms with E-state index in [1.165, 1.54) is 42.1 Å². The van der Waals surface area contributed by atoms with E-state index in [4.69, 9.17) is 0 Å². The monoisotopic (exact) mass is 573 g/mol. The highest BCUT2D eigenvalue weighted by Gasteiger charge is 2.37. The molecular weight excluding hydrogens is 558 g/mol. The van der Waals surface area contributed by atoms with Gasteiger partial charge in [-0.25, -0.2) is 4.90 Å². The molecule has 1 aliphatic rings. The van der Waals surface area contributed by atoms with Crippen LogP contribution >= 0.6 is 27.7 Å². The van der Waals surface area contributed by atoms with Crippen LogP contribution < -0.4 is 10.2 Å². The number of hydrogen-bond donors (Lipinski definition) is 1. The molecule has 3 amide bonds. The third-order valence-electron chi connectivity index (χ3n) is 5.63. The van der Waals surface area contributed by atoms with Crippen molar-refractivity contribution in [3.05, 3.63) is 122 Å². The molecule has 1 aliphatic heterocycles. The second-order valence-electron chi connectivity index (χ2n) is 8.01. The average Bonchev–Trinajstić information content (AvgIpc) is 3.15. The lowest BCUT2D eigenvalue weighted by Gasteiger charge is -2.14. The van der Waals surface area contributed by atoms with Gasteiger partial charge in [0.25, 0.3) is 23.4 Å². The van der Waals surface area contributed by atoms with Gasteiger partial charge in [-0.15, -0.1) is 0 Å². The smallest absolute Gasteiger partial charge is 0.269 e. The van der Waals surface area contributed by atoms with Crippen LogP contribution in [0.3, 0.4) is 0 Å². The fourth-order valence-corrected chi connectivity index (χ4v) is 4.87. The third kappa shape index (κ3) is 5.02. The first-order chi connectivity index (χ1) is 17.8. The summed E-state index contributed by atoms with van der Waals surface area (Å²) in [6.45, 7) is 0. The van der Waals surface area contributed by atoms with Crippen LogP contribution in [-0.2, 0) is 0 Å². The first-order valence-electron chi connectivity index (χ1n) is 10.9. The molecule has 4 aromatic rings. The Kier molecular flexibility index (Phi) is 6.60. The van der Waals surface area contributed by atoms with E-state index in [-0.39, 0.29) is 22.4 Å². The Labute approximate surface area is 223 Å². The Morgan fingerprint density at radius 1 is 0.811 bits per heavy atom.